The number of hydrogen-bond acceptors (Lipinski definition) is 4. The molecule has 1 amide bonds. The Kier molecular flexibility index (Phi) is 5.02. The Morgan fingerprint density at radius 2 is 1.72 bits per heavy atom. The number of benzene rings is 3. The fourth-order valence-electron chi connectivity index (χ4n) is 4.56. The normalized spacial score (nSPS) is 15.8. The first-order valence-corrected chi connectivity index (χ1v) is 10.7. The molecule has 0 saturated heterocycles. The van der Waals surface area contributed by atoms with Crippen LogP contribution in [0.5, 0.6) is 0 Å². The van der Waals surface area contributed by atoms with Crippen molar-refractivity contribution < 1.29 is 13.6 Å². The molecule has 1 unspecified atom stereocenters. The minimum atomic E-state index is -0.812. The largest absolute Gasteiger partial charge is 0.450 e. The highest BCUT2D eigenvalue weighted by molar-refractivity contribution is 6.06. The number of fused-ring (bicyclic) bond motifs is 4. The molecule has 2 heterocycles. The molecule has 0 N–H and O–H groups in total. The van der Waals surface area contributed by atoms with Gasteiger partial charge in [0.05, 0.1) is 17.0 Å². The summed E-state index contributed by atoms with van der Waals surface area (Å²) in [6.45, 7) is 1.15. The van der Waals surface area contributed by atoms with E-state index in [0.717, 1.165) is 17.3 Å². The maximum Gasteiger partial charge on any atom is 0.290 e. The molecular formula is C26H23FN2O3. The maximum atomic E-state index is 14.9. The summed E-state index contributed by atoms with van der Waals surface area (Å²) in [5, 5.41) is 2.08. The molecule has 1 aliphatic heterocycles. The van der Waals surface area contributed by atoms with E-state index in [9.17, 15) is 14.0 Å². The number of amides is 1. The molecule has 0 fully saturated rings. The molecule has 32 heavy (non-hydrogen) atoms. The molecule has 5 nitrogen and oxygen atoms in total. The molecule has 0 spiro atoms. The summed E-state index contributed by atoms with van der Waals surface area (Å²) < 4.78 is 21.0. The minimum absolute atomic E-state index is 0.0111. The second-order valence-corrected chi connectivity index (χ2v) is 8.42. The number of carbonyl (C=O) groups is 1. The summed E-state index contributed by atoms with van der Waals surface area (Å²) in [7, 11) is 3.91. The summed E-state index contributed by atoms with van der Waals surface area (Å²) in [5.74, 6) is -0.815. The van der Waals surface area contributed by atoms with Crippen molar-refractivity contribution in [3.8, 4) is 0 Å². The van der Waals surface area contributed by atoms with E-state index in [1.807, 2.05) is 49.3 Å². The molecule has 1 aromatic heterocycles. The Morgan fingerprint density at radius 3 is 2.50 bits per heavy atom. The van der Waals surface area contributed by atoms with Gasteiger partial charge in [-0.15, -0.1) is 0 Å². The van der Waals surface area contributed by atoms with Gasteiger partial charge < -0.3 is 14.2 Å². The van der Waals surface area contributed by atoms with Gasteiger partial charge in [-0.05, 0) is 44.6 Å². The Bertz CT molecular complexity index is 1410. The number of hydrogen-bond donors (Lipinski definition) is 0. The van der Waals surface area contributed by atoms with Crippen LogP contribution >= 0.6 is 0 Å². The monoisotopic (exact) mass is 430 g/mol. The van der Waals surface area contributed by atoms with E-state index < -0.39 is 11.9 Å². The molecule has 4 aromatic rings. The third kappa shape index (κ3) is 3.19. The fraction of sp³-hybridized carbons (Fsp3) is 0.231. The first kappa shape index (κ1) is 20.4. The lowest BCUT2D eigenvalue weighted by atomic mass is 9.97. The Hall–Kier alpha value is -3.51. The SMILES string of the molecule is CN(C)CCCN1C(=O)c2oc3c(ccc4ccccc43)c(=O)c2C1c1ccccc1F. The summed E-state index contributed by atoms with van der Waals surface area (Å²) >= 11 is 0. The van der Waals surface area contributed by atoms with Crippen molar-refractivity contribution in [3.05, 3.63) is 93.6 Å². The zero-order valence-corrected chi connectivity index (χ0v) is 18.0. The van der Waals surface area contributed by atoms with Crippen molar-refractivity contribution in [2.75, 3.05) is 27.2 Å². The van der Waals surface area contributed by atoms with Crippen LogP contribution in [0.25, 0.3) is 21.7 Å². The number of carbonyl (C=O) groups excluding carboxylic acids is 1. The Balaban J connectivity index is 1.75. The molecule has 0 saturated carbocycles. The molecule has 3 aromatic carbocycles. The van der Waals surface area contributed by atoms with E-state index in [4.69, 9.17) is 4.42 Å². The van der Waals surface area contributed by atoms with Crippen molar-refractivity contribution >= 4 is 27.6 Å². The molecule has 6 heteroatoms. The summed E-state index contributed by atoms with van der Waals surface area (Å²) in [6.07, 6.45) is 0.689. The first-order valence-electron chi connectivity index (χ1n) is 10.7. The third-order valence-electron chi connectivity index (χ3n) is 6.06. The first-order chi connectivity index (χ1) is 15.5. The van der Waals surface area contributed by atoms with E-state index in [1.54, 1.807) is 29.2 Å². The highest BCUT2D eigenvalue weighted by Gasteiger charge is 2.43. The average Bonchev–Trinajstić information content (AvgIpc) is 3.06. The number of rotatable bonds is 5. The standard InChI is InChI=1S/C26H23FN2O3/c1-28(2)14-7-15-29-22(18-10-5-6-11-20(18)27)21-23(30)19-13-12-16-8-3-4-9-17(16)24(19)32-25(21)26(29)31/h3-6,8-13,22H,7,14-15H2,1-2H3. The molecule has 0 bridgehead atoms. The number of halogens is 1. The van der Waals surface area contributed by atoms with Crippen LogP contribution in [0.4, 0.5) is 4.39 Å². The van der Waals surface area contributed by atoms with Crippen LogP contribution in [0, 0.1) is 5.82 Å². The molecular weight excluding hydrogens is 407 g/mol. The molecule has 0 aliphatic carbocycles. The molecule has 1 atom stereocenters. The van der Waals surface area contributed by atoms with E-state index >= 15 is 0 Å². The van der Waals surface area contributed by atoms with Crippen molar-refractivity contribution in [2.45, 2.75) is 12.5 Å². The zero-order chi connectivity index (χ0) is 22.4. The van der Waals surface area contributed by atoms with Gasteiger partial charge in [-0.1, -0.05) is 48.5 Å². The van der Waals surface area contributed by atoms with Gasteiger partial charge in [0, 0.05) is 17.5 Å². The van der Waals surface area contributed by atoms with Gasteiger partial charge in [-0.3, -0.25) is 9.59 Å². The van der Waals surface area contributed by atoms with Gasteiger partial charge in [-0.25, -0.2) is 4.39 Å². The van der Waals surface area contributed by atoms with Crippen LogP contribution in [0.2, 0.25) is 0 Å². The van der Waals surface area contributed by atoms with E-state index in [-0.39, 0.29) is 22.7 Å². The van der Waals surface area contributed by atoms with E-state index in [2.05, 4.69) is 0 Å². The summed E-state index contributed by atoms with van der Waals surface area (Å²) in [6, 6.07) is 16.7. The maximum absolute atomic E-state index is 14.9. The van der Waals surface area contributed by atoms with Crippen molar-refractivity contribution in [3.63, 3.8) is 0 Å². The topological polar surface area (TPSA) is 53.8 Å². The second-order valence-electron chi connectivity index (χ2n) is 8.42. The molecule has 1 aliphatic rings. The van der Waals surface area contributed by atoms with E-state index in [0.29, 0.717) is 29.5 Å². The minimum Gasteiger partial charge on any atom is -0.450 e. The van der Waals surface area contributed by atoms with Gasteiger partial charge in [0.15, 0.2) is 5.43 Å². The average molecular weight is 430 g/mol. The highest BCUT2D eigenvalue weighted by Crippen LogP contribution is 2.40. The van der Waals surface area contributed by atoms with Crippen LogP contribution < -0.4 is 5.43 Å². The van der Waals surface area contributed by atoms with E-state index in [1.165, 1.54) is 6.07 Å². The second kappa shape index (κ2) is 7.88. The third-order valence-corrected chi connectivity index (χ3v) is 6.06. The zero-order valence-electron chi connectivity index (χ0n) is 18.0. The number of nitrogens with zero attached hydrogens (tertiary/aromatic N) is 2. The van der Waals surface area contributed by atoms with Gasteiger partial charge in [0.1, 0.15) is 11.4 Å². The fourth-order valence-corrected chi connectivity index (χ4v) is 4.56. The van der Waals surface area contributed by atoms with Crippen molar-refractivity contribution in [1.82, 2.24) is 9.80 Å². The van der Waals surface area contributed by atoms with Gasteiger partial charge in [0.2, 0.25) is 5.76 Å². The van der Waals surface area contributed by atoms with Gasteiger partial charge in [0.25, 0.3) is 5.91 Å². The predicted octanol–water partition coefficient (Wildman–Crippen LogP) is 4.58. The summed E-state index contributed by atoms with van der Waals surface area (Å²) in [5.41, 5.74) is 0.621. The molecule has 5 rings (SSSR count). The van der Waals surface area contributed by atoms with Crippen LogP contribution in [-0.4, -0.2) is 42.9 Å². The molecule has 162 valence electrons. The lowest BCUT2D eigenvalue weighted by Crippen LogP contribution is -2.32. The Labute approximate surface area is 184 Å². The van der Waals surface area contributed by atoms with Crippen molar-refractivity contribution in [2.24, 2.45) is 0 Å². The van der Waals surface area contributed by atoms with Crippen LogP contribution in [0.1, 0.15) is 34.1 Å². The van der Waals surface area contributed by atoms with Crippen molar-refractivity contribution in [1.29, 1.82) is 0 Å². The van der Waals surface area contributed by atoms with Crippen LogP contribution in [-0.2, 0) is 0 Å². The molecule has 0 radical (unpaired) electrons. The summed E-state index contributed by atoms with van der Waals surface area (Å²) in [4.78, 5) is 30.7. The van der Waals surface area contributed by atoms with Crippen LogP contribution in [0.3, 0.4) is 0 Å². The highest BCUT2D eigenvalue weighted by atomic mass is 19.1. The Morgan fingerprint density at radius 1 is 0.969 bits per heavy atom. The van der Waals surface area contributed by atoms with Crippen LogP contribution in [0.15, 0.2) is 69.9 Å². The van der Waals surface area contributed by atoms with Gasteiger partial charge >= 0.3 is 0 Å². The quantitative estimate of drug-likeness (QED) is 0.435. The lowest BCUT2D eigenvalue weighted by Gasteiger charge is -2.26. The lowest BCUT2D eigenvalue weighted by molar-refractivity contribution is 0.0720. The predicted molar refractivity (Wildman–Crippen MR) is 122 cm³/mol. The smallest absolute Gasteiger partial charge is 0.290 e. The van der Waals surface area contributed by atoms with Gasteiger partial charge in [-0.2, -0.15) is 0 Å².